The topological polar surface area (TPSA) is 105 Å². The quantitative estimate of drug-likeness (QED) is 0.568. The van der Waals surface area contributed by atoms with Gasteiger partial charge in [0.2, 0.25) is 5.91 Å². The van der Waals surface area contributed by atoms with Crippen LogP contribution in [0.15, 0.2) is 24.3 Å². The second-order valence-corrected chi connectivity index (χ2v) is 4.94. The third-order valence-corrected chi connectivity index (χ3v) is 3.05. The Morgan fingerprint density at radius 2 is 1.87 bits per heavy atom. The smallest absolute Gasteiger partial charge is 0.303 e. The average Bonchev–Trinajstić information content (AvgIpc) is 2.51. The van der Waals surface area contributed by atoms with E-state index in [1.165, 1.54) is 0 Å². The number of anilines is 1. The normalized spacial score (nSPS) is 10.1. The summed E-state index contributed by atoms with van der Waals surface area (Å²) < 4.78 is 4.91. The minimum absolute atomic E-state index is 0.0605. The molecule has 1 aromatic carbocycles. The maximum atomic E-state index is 12.1. The number of amides is 2. The Morgan fingerprint density at radius 1 is 1.13 bits per heavy atom. The monoisotopic (exact) mass is 322 g/mol. The van der Waals surface area contributed by atoms with E-state index >= 15 is 0 Å². The van der Waals surface area contributed by atoms with Gasteiger partial charge in [-0.2, -0.15) is 0 Å². The van der Waals surface area contributed by atoms with Crippen LogP contribution in [0.5, 0.6) is 0 Å². The van der Waals surface area contributed by atoms with Crippen LogP contribution < -0.4 is 10.6 Å². The zero-order valence-electron chi connectivity index (χ0n) is 13.1. The molecule has 1 aromatic rings. The van der Waals surface area contributed by atoms with Crippen molar-refractivity contribution in [2.75, 3.05) is 25.6 Å². The molecule has 0 atom stereocenters. The Balaban J connectivity index is 2.57. The summed E-state index contributed by atoms with van der Waals surface area (Å²) in [5, 5.41) is 14.0. The third kappa shape index (κ3) is 7.42. The Hall–Kier alpha value is -2.41. The van der Waals surface area contributed by atoms with Gasteiger partial charge in [-0.15, -0.1) is 0 Å². The number of benzene rings is 1. The fourth-order valence-corrected chi connectivity index (χ4v) is 1.92. The van der Waals surface area contributed by atoms with Gasteiger partial charge in [0.05, 0.1) is 11.3 Å². The molecule has 0 bridgehead atoms. The van der Waals surface area contributed by atoms with Crippen LogP contribution in [0.1, 0.15) is 36.0 Å². The van der Waals surface area contributed by atoms with Crippen LogP contribution in [-0.4, -0.2) is 43.2 Å². The Labute approximate surface area is 135 Å². The van der Waals surface area contributed by atoms with Gasteiger partial charge < -0.3 is 20.5 Å². The van der Waals surface area contributed by atoms with Gasteiger partial charge in [-0.25, -0.2) is 0 Å². The van der Waals surface area contributed by atoms with Crippen LogP contribution >= 0.6 is 0 Å². The largest absolute Gasteiger partial charge is 0.481 e. The maximum Gasteiger partial charge on any atom is 0.303 e. The van der Waals surface area contributed by atoms with E-state index in [-0.39, 0.29) is 31.1 Å². The van der Waals surface area contributed by atoms with Crippen molar-refractivity contribution < 1.29 is 24.2 Å². The summed E-state index contributed by atoms with van der Waals surface area (Å²) in [5.74, 6) is -1.53. The van der Waals surface area contributed by atoms with E-state index in [1.807, 2.05) is 0 Å². The van der Waals surface area contributed by atoms with Crippen molar-refractivity contribution in [1.29, 1.82) is 0 Å². The summed E-state index contributed by atoms with van der Waals surface area (Å²) in [6.45, 7) is 1.04. The highest BCUT2D eigenvalue weighted by atomic mass is 16.5. The van der Waals surface area contributed by atoms with Gasteiger partial charge >= 0.3 is 5.97 Å². The van der Waals surface area contributed by atoms with E-state index < -0.39 is 5.97 Å². The summed E-state index contributed by atoms with van der Waals surface area (Å²) in [5.41, 5.74) is 0.786. The predicted molar refractivity (Wildman–Crippen MR) is 85.4 cm³/mol. The van der Waals surface area contributed by atoms with Crippen LogP contribution in [0.2, 0.25) is 0 Å². The summed E-state index contributed by atoms with van der Waals surface area (Å²) >= 11 is 0. The molecule has 0 radical (unpaired) electrons. The van der Waals surface area contributed by atoms with E-state index in [1.54, 1.807) is 31.4 Å². The highest BCUT2D eigenvalue weighted by Gasteiger charge is 2.12. The second kappa shape index (κ2) is 10.3. The van der Waals surface area contributed by atoms with Gasteiger partial charge in [-0.1, -0.05) is 12.1 Å². The van der Waals surface area contributed by atoms with Crippen molar-refractivity contribution in [3.05, 3.63) is 29.8 Å². The van der Waals surface area contributed by atoms with Crippen LogP contribution in [0.4, 0.5) is 5.69 Å². The highest BCUT2D eigenvalue weighted by Crippen LogP contribution is 2.15. The van der Waals surface area contributed by atoms with Crippen molar-refractivity contribution in [3.8, 4) is 0 Å². The van der Waals surface area contributed by atoms with Gasteiger partial charge in [0.1, 0.15) is 0 Å². The number of nitrogens with one attached hydrogen (secondary N) is 2. The van der Waals surface area contributed by atoms with Gasteiger partial charge in [-0.05, 0) is 25.0 Å². The molecular formula is C16H22N2O5. The van der Waals surface area contributed by atoms with E-state index in [9.17, 15) is 14.4 Å². The van der Waals surface area contributed by atoms with Crippen LogP contribution in [0.3, 0.4) is 0 Å². The Morgan fingerprint density at radius 3 is 2.57 bits per heavy atom. The lowest BCUT2D eigenvalue weighted by Crippen LogP contribution is -2.26. The minimum Gasteiger partial charge on any atom is -0.481 e. The molecule has 7 nitrogen and oxygen atoms in total. The molecule has 1 rings (SSSR count). The number of aliphatic carboxylic acids is 1. The molecule has 0 heterocycles. The maximum absolute atomic E-state index is 12.1. The second-order valence-electron chi connectivity index (χ2n) is 4.94. The van der Waals surface area contributed by atoms with Gasteiger partial charge in [0, 0.05) is 33.1 Å². The zero-order valence-corrected chi connectivity index (χ0v) is 13.1. The number of carbonyl (C=O) groups is 3. The van der Waals surface area contributed by atoms with Crippen LogP contribution in [-0.2, 0) is 14.3 Å². The van der Waals surface area contributed by atoms with Crippen LogP contribution in [0, 0.1) is 0 Å². The number of carbonyl (C=O) groups excluding carboxylic acids is 2. The Kier molecular flexibility index (Phi) is 8.38. The molecule has 0 aliphatic carbocycles. The molecule has 126 valence electrons. The number of para-hydroxylation sites is 1. The average molecular weight is 322 g/mol. The van der Waals surface area contributed by atoms with Gasteiger partial charge in [0.25, 0.3) is 5.91 Å². The zero-order chi connectivity index (χ0) is 17.1. The first-order valence-electron chi connectivity index (χ1n) is 7.42. The molecule has 0 saturated heterocycles. The molecule has 0 spiro atoms. The lowest BCUT2D eigenvalue weighted by atomic mass is 10.1. The molecule has 0 aliphatic heterocycles. The summed E-state index contributed by atoms with van der Waals surface area (Å²) in [6, 6.07) is 6.69. The molecule has 7 heteroatoms. The first-order valence-corrected chi connectivity index (χ1v) is 7.42. The summed E-state index contributed by atoms with van der Waals surface area (Å²) in [7, 11) is 1.59. The molecule has 0 unspecified atom stereocenters. The molecular weight excluding hydrogens is 300 g/mol. The molecule has 0 saturated carbocycles. The standard InChI is InChI=1S/C16H22N2O5/c1-23-11-5-10-17-16(22)12-6-2-3-7-13(12)18-14(19)8-4-9-15(20)21/h2-3,6-7H,4-5,8-11H2,1H3,(H,17,22)(H,18,19)(H,20,21). The first kappa shape index (κ1) is 18.6. The van der Waals surface area contributed by atoms with E-state index in [2.05, 4.69) is 10.6 Å². The summed E-state index contributed by atoms with van der Waals surface area (Å²) in [4.78, 5) is 34.4. The molecule has 0 aliphatic rings. The number of hydrogen-bond acceptors (Lipinski definition) is 4. The summed E-state index contributed by atoms with van der Waals surface area (Å²) in [6.07, 6.45) is 0.990. The third-order valence-electron chi connectivity index (χ3n) is 3.05. The Bertz CT molecular complexity index is 545. The highest BCUT2D eigenvalue weighted by molar-refractivity contribution is 6.03. The number of rotatable bonds is 10. The predicted octanol–water partition coefficient (Wildman–Crippen LogP) is 1.65. The van der Waals surface area contributed by atoms with Gasteiger partial charge in [0.15, 0.2) is 0 Å². The SMILES string of the molecule is COCCCNC(=O)c1ccccc1NC(=O)CCCC(=O)O. The minimum atomic E-state index is -0.936. The van der Waals surface area contributed by atoms with E-state index in [0.717, 1.165) is 0 Å². The van der Waals surface area contributed by atoms with E-state index in [0.29, 0.717) is 30.8 Å². The van der Waals surface area contributed by atoms with Crippen molar-refractivity contribution in [1.82, 2.24) is 5.32 Å². The first-order chi connectivity index (χ1) is 11.0. The number of hydrogen-bond donors (Lipinski definition) is 3. The van der Waals surface area contributed by atoms with Crippen LogP contribution in [0.25, 0.3) is 0 Å². The lowest BCUT2D eigenvalue weighted by Gasteiger charge is -2.11. The van der Waals surface area contributed by atoms with Gasteiger partial charge in [-0.3, -0.25) is 14.4 Å². The molecule has 0 aromatic heterocycles. The molecule has 3 N–H and O–H groups in total. The van der Waals surface area contributed by atoms with Crippen molar-refractivity contribution >= 4 is 23.5 Å². The molecule has 23 heavy (non-hydrogen) atoms. The number of ether oxygens (including phenoxy) is 1. The van der Waals surface area contributed by atoms with Crippen molar-refractivity contribution in [3.63, 3.8) is 0 Å². The van der Waals surface area contributed by atoms with Crippen molar-refractivity contribution in [2.45, 2.75) is 25.7 Å². The molecule has 0 fully saturated rings. The number of carboxylic acid groups (broad SMARTS) is 1. The van der Waals surface area contributed by atoms with E-state index in [4.69, 9.17) is 9.84 Å². The fourth-order valence-electron chi connectivity index (χ4n) is 1.92. The van der Waals surface area contributed by atoms with Crippen molar-refractivity contribution in [2.24, 2.45) is 0 Å². The lowest BCUT2D eigenvalue weighted by molar-refractivity contribution is -0.137. The fraction of sp³-hybridized carbons (Fsp3) is 0.438. The number of methoxy groups -OCH3 is 1. The molecule has 2 amide bonds. The number of carboxylic acids is 1.